The molecule has 0 saturated carbocycles. The first-order valence-electron chi connectivity index (χ1n) is 7.31. The van der Waals surface area contributed by atoms with E-state index in [1.165, 1.54) is 18.2 Å². The quantitative estimate of drug-likeness (QED) is 0.546. The number of nitrogens with one attached hydrogen (secondary N) is 2. The summed E-state index contributed by atoms with van der Waals surface area (Å²) in [6.45, 7) is 5.24. The van der Waals surface area contributed by atoms with Crippen molar-refractivity contribution in [2.24, 2.45) is 5.92 Å². The van der Waals surface area contributed by atoms with Crippen LogP contribution in [-0.4, -0.2) is 37.6 Å². The summed E-state index contributed by atoms with van der Waals surface area (Å²) in [6, 6.07) is 4.04. The highest BCUT2D eigenvalue weighted by atomic mass is 16.6. The Morgan fingerprint density at radius 2 is 2.12 bits per heavy atom. The Hall–Kier alpha value is -2.97. The zero-order valence-electron chi connectivity index (χ0n) is 13.5. The Morgan fingerprint density at radius 1 is 1.46 bits per heavy atom. The van der Waals surface area contributed by atoms with Crippen molar-refractivity contribution in [2.75, 3.05) is 0 Å². The van der Waals surface area contributed by atoms with Gasteiger partial charge in [-0.2, -0.15) is 5.10 Å². The van der Waals surface area contributed by atoms with Crippen molar-refractivity contribution in [2.45, 2.75) is 32.7 Å². The summed E-state index contributed by atoms with van der Waals surface area (Å²) in [6.07, 6.45) is -0.251. The molecular formula is C15H18N4O5. The molecule has 0 radical (unpaired) electrons. The molecule has 0 saturated heterocycles. The smallest absolute Gasteiger partial charge is 0.305 e. The highest BCUT2D eigenvalue weighted by Crippen LogP contribution is 2.25. The number of carbonyl (C=O) groups is 2. The number of aromatic nitrogens is 2. The number of nitro groups is 1. The Bertz CT molecular complexity index is 813. The zero-order chi connectivity index (χ0) is 18.1. The van der Waals surface area contributed by atoms with Gasteiger partial charge in [0.2, 0.25) is 0 Å². The average molecular weight is 334 g/mol. The lowest BCUT2D eigenvalue weighted by Crippen LogP contribution is -2.51. The molecule has 2 rings (SSSR count). The Labute approximate surface area is 137 Å². The molecule has 1 heterocycles. The zero-order valence-corrected chi connectivity index (χ0v) is 13.5. The molecule has 9 nitrogen and oxygen atoms in total. The van der Waals surface area contributed by atoms with Crippen LogP contribution in [0.2, 0.25) is 0 Å². The number of aliphatic carboxylic acids is 1. The minimum absolute atomic E-state index is 0.00837. The maximum atomic E-state index is 12.5. The third-order valence-corrected chi connectivity index (χ3v) is 4.16. The number of benzene rings is 1. The molecule has 1 amide bonds. The second-order valence-corrected chi connectivity index (χ2v) is 6.16. The molecule has 1 unspecified atom stereocenters. The molecule has 0 aliphatic rings. The maximum absolute atomic E-state index is 12.5. The van der Waals surface area contributed by atoms with Crippen LogP contribution in [0.4, 0.5) is 5.69 Å². The number of amides is 1. The van der Waals surface area contributed by atoms with Gasteiger partial charge in [-0.15, -0.1) is 0 Å². The van der Waals surface area contributed by atoms with Crippen molar-refractivity contribution < 1.29 is 19.6 Å². The third-order valence-electron chi connectivity index (χ3n) is 4.16. The van der Waals surface area contributed by atoms with E-state index < -0.39 is 22.3 Å². The molecule has 0 fully saturated rings. The fraction of sp³-hybridized carbons (Fsp3) is 0.400. The number of H-pyrrole nitrogens is 1. The number of nitro benzene ring substituents is 1. The Balaban J connectivity index is 2.38. The van der Waals surface area contributed by atoms with Crippen molar-refractivity contribution >= 4 is 28.5 Å². The molecule has 2 aromatic rings. The lowest BCUT2D eigenvalue weighted by Gasteiger charge is -2.33. The first kappa shape index (κ1) is 17.4. The van der Waals surface area contributed by atoms with Crippen LogP contribution in [0, 0.1) is 16.0 Å². The van der Waals surface area contributed by atoms with Gasteiger partial charge in [0, 0.05) is 17.5 Å². The molecule has 0 aliphatic carbocycles. The van der Waals surface area contributed by atoms with E-state index >= 15 is 0 Å². The van der Waals surface area contributed by atoms with Crippen molar-refractivity contribution in [3.8, 4) is 0 Å². The monoisotopic (exact) mass is 334 g/mol. The summed E-state index contributed by atoms with van der Waals surface area (Å²) in [5.41, 5.74) is -0.661. The van der Waals surface area contributed by atoms with E-state index in [1.807, 2.05) is 0 Å². The molecule has 128 valence electrons. The van der Waals surface area contributed by atoms with Crippen LogP contribution in [-0.2, 0) is 4.79 Å². The molecule has 24 heavy (non-hydrogen) atoms. The number of rotatable bonds is 6. The fourth-order valence-corrected chi connectivity index (χ4v) is 2.31. The van der Waals surface area contributed by atoms with Crippen LogP contribution < -0.4 is 5.32 Å². The van der Waals surface area contributed by atoms with Gasteiger partial charge in [0.15, 0.2) is 5.69 Å². The van der Waals surface area contributed by atoms with Crippen LogP contribution in [0.25, 0.3) is 10.9 Å². The van der Waals surface area contributed by atoms with Gasteiger partial charge in [-0.1, -0.05) is 13.8 Å². The van der Waals surface area contributed by atoms with Crippen molar-refractivity contribution in [3.63, 3.8) is 0 Å². The molecule has 0 aliphatic heterocycles. The first-order chi connectivity index (χ1) is 11.1. The van der Waals surface area contributed by atoms with E-state index in [0.29, 0.717) is 10.9 Å². The van der Waals surface area contributed by atoms with Gasteiger partial charge < -0.3 is 10.4 Å². The molecule has 0 bridgehead atoms. The highest BCUT2D eigenvalue weighted by molar-refractivity contribution is 6.05. The van der Waals surface area contributed by atoms with E-state index in [4.69, 9.17) is 5.11 Å². The van der Waals surface area contributed by atoms with E-state index in [-0.39, 0.29) is 23.7 Å². The minimum Gasteiger partial charge on any atom is -0.481 e. The van der Waals surface area contributed by atoms with E-state index in [9.17, 15) is 19.7 Å². The van der Waals surface area contributed by atoms with Gasteiger partial charge >= 0.3 is 5.97 Å². The molecule has 0 spiro atoms. The van der Waals surface area contributed by atoms with Gasteiger partial charge in [-0.05, 0) is 18.9 Å². The SMILES string of the molecule is CC(C)C(C)(CC(=O)O)NC(=O)c1n[nH]c2ccc([N+](=O)[O-])cc12. The van der Waals surface area contributed by atoms with Crippen LogP contribution in [0.1, 0.15) is 37.7 Å². The molecule has 3 N–H and O–H groups in total. The lowest BCUT2D eigenvalue weighted by atomic mass is 9.85. The van der Waals surface area contributed by atoms with Crippen LogP contribution in [0.5, 0.6) is 0 Å². The topological polar surface area (TPSA) is 138 Å². The standard InChI is InChI=1S/C15H18N4O5/c1-8(2)15(3,7-12(20)21)16-14(22)13-10-6-9(19(23)24)4-5-11(10)17-18-13/h4-6,8H,7H2,1-3H3,(H,16,22)(H,17,18)(H,20,21). The van der Waals surface area contributed by atoms with Crippen molar-refractivity contribution in [1.82, 2.24) is 15.5 Å². The number of hydrogen-bond donors (Lipinski definition) is 3. The number of fused-ring (bicyclic) bond motifs is 1. The van der Waals surface area contributed by atoms with Crippen LogP contribution in [0.3, 0.4) is 0 Å². The van der Waals surface area contributed by atoms with Crippen LogP contribution >= 0.6 is 0 Å². The van der Waals surface area contributed by atoms with Gasteiger partial charge in [0.1, 0.15) is 0 Å². The number of hydrogen-bond acceptors (Lipinski definition) is 5. The molecular weight excluding hydrogens is 316 g/mol. The molecule has 1 atom stereocenters. The van der Waals surface area contributed by atoms with Crippen LogP contribution in [0.15, 0.2) is 18.2 Å². The summed E-state index contributed by atoms with van der Waals surface area (Å²) in [4.78, 5) is 34.0. The first-order valence-corrected chi connectivity index (χ1v) is 7.31. The second-order valence-electron chi connectivity index (χ2n) is 6.16. The number of carboxylic acid groups (broad SMARTS) is 1. The number of carbonyl (C=O) groups excluding carboxylic acids is 1. The summed E-state index contributed by atoms with van der Waals surface area (Å²) in [5.74, 6) is -1.76. The molecule has 9 heteroatoms. The normalized spacial score (nSPS) is 13.7. The predicted molar refractivity (Wildman–Crippen MR) is 85.7 cm³/mol. The number of nitrogens with zero attached hydrogens (tertiary/aromatic N) is 2. The van der Waals surface area contributed by atoms with Gasteiger partial charge in [0.05, 0.1) is 22.4 Å². The number of non-ortho nitro benzene ring substituents is 1. The van der Waals surface area contributed by atoms with E-state index in [0.717, 1.165) is 0 Å². The molecule has 1 aromatic heterocycles. The summed E-state index contributed by atoms with van der Waals surface area (Å²) in [7, 11) is 0. The van der Waals surface area contributed by atoms with Crippen molar-refractivity contribution in [3.05, 3.63) is 34.0 Å². The Morgan fingerprint density at radius 3 is 2.67 bits per heavy atom. The lowest BCUT2D eigenvalue weighted by molar-refractivity contribution is -0.384. The fourth-order valence-electron chi connectivity index (χ4n) is 2.31. The second kappa shape index (κ2) is 6.26. The Kier molecular flexibility index (Phi) is 4.54. The van der Waals surface area contributed by atoms with E-state index in [2.05, 4.69) is 15.5 Å². The summed E-state index contributed by atoms with van der Waals surface area (Å²) < 4.78 is 0. The van der Waals surface area contributed by atoms with Crippen molar-refractivity contribution in [1.29, 1.82) is 0 Å². The van der Waals surface area contributed by atoms with Gasteiger partial charge in [-0.3, -0.25) is 24.8 Å². The largest absolute Gasteiger partial charge is 0.481 e. The van der Waals surface area contributed by atoms with E-state index in [1.54, 1.807) is 20.8 Å². The summed E-state index contributed by atoms with van der Waals surface area (Å²) in [5, 5.41) is 29.5. The van der Waals surface area contributed by atoms with Gasteiger partial charge in [0.25, 0.3) is 11.6 Å². The highest BCUT2D eigenvalue weighted by Gasteiger charge is 2.34. The minimum atomic E-state index is -1.03. The predicted octanol–water partition coefficient (Wildman–Crippen LogP) is 2.09. The maximum Gasteiger partial charge on any atom is 0.305 e. The van der Waals surface area contributed by atoms with Gasteiger partial charge in [-0.25, -0.2) is 0 Å². The molecule has 1 aromatic carbocycles. The third kappa shape index (κ3) is 3.34. The number of aromatic amines is 1. The average Bonchev–Trinajstić information content (AvgIpc) is 2.88. The number of carboxylic acids is 1. The summed E-state index contributed by atoms with van der Waals surface area (Å²) >= 11 is 0.